The summed E-state index contributed by atoms with van der Waals surface area (Å²) in [6, 6.07) is 14.9. The van der Waals surface area contributed by atoms with E-state index in [0.29, 0.717) is 23.2 Å². The third-order valence-corrected chi connectivity index (χ3v) is 6.47. The maximum Gasteiger partial charge on any atom is 0.261 e. The van der Waals surface area contributed by atoms with Crippen LogP contribution in [0, 0.1) is 5.41 Å². The lowest BCUT2D eigenvalue weighted by molar-refractivity contribution is -0.123. The predicted molar refractivity (Wildman–Crippen MR) is 120 cm³/mol. The van der Waals surface area contributed by atoms with Crippen molar-refractivity contribution < 1.29 is 18.0 Å². The number of hydrogen-bond donors (Lipinski definition) is 3. The van der Waals surface area contributed by atoms with Gasteiger partial charge in [-0.15, -0.1) is 0 Å². The number of anilines is 1. The number of aldehydes is 1. The van der Waals surface area contributed by atoms with E-state index in [9.17, 15) is 18.0 Å². The van der Waals surface area contributed by atoms with Crippen molar-refractivity contribution in [3.05, 3.63) is 60.3 Å². The predicted octanol–water partition coefficient (Wildman–Crippen LogP) is 2.59. The Morgan fingerprint density at radius 3 is 2.35 bits per heavy atom. The van der Waals surface area contributed by atoms with Crippen LogP contribution < -0.4 is 10.5 Å². The lowest BCUT2D eigenvalue weighted by atomic mass is 10.1. The average molecular weight is 443 g/mol. The number of amides is 1. The van der Waals surface area contributed by atoms with E-state index in [1.165, 1.54) is 12.1 Å². The number of benzene rings is 2. The minimum atomic E-state index is -3.61. The molecule has 4 N–H and O–H groups in total. The Morgan fingerprint density at radius 2 is 1.84 bits per heavy atom. The molecule has 1 aliphatic rings. The van der Waals surface area contributed by atoms with Crippen molar-refractivity contribution in [3.63, 3.8) is 0 Å². The molecule has 9 heteroatoms. The summed E-state index contributed by atoms with van der Waals surface area (Å²) < 4.78 is 27.0. The highest BCUT2D eigenvalue weighted by molar-refractivity contribution is 7.92. The number of primary amides is 1. The summed E-state index contributed by atoms with van der Waals surface area (Å²) in [5, 5.41) is 0.847. The molecule has 0 aliphatic heterocycles. The standard InChI is InChI=1S/C15H12N2O3S.C7H14N2O/c18-10-13-8-11-6-7-12(9-15(11)16-13)17-21(19,20)14-4-2-1-3-5-14;1-9(2)5-7(3-4-7)6(8)10/h1-10,16-17H;3-5H2,1-2H3,(H2,8,10). The van der Waals surface area contributed by atoms with Gasteiger partial charge in [0.15, 0.2) is 6.29 Å². The molecule has 1 aliphatic carbocycles. The molecule has 0 spiro atoms. The summed E-state index contributed by atoms with van der Waals surface area (Å²) in [6.45, 7) is 0.808. The van der Waals surface area contributed by atoms with Gasteiger partial charge >= 0.3 is 0 Å². The Balaban J connectivity index is 0.000000229. The molecule has 3 aromatic rings. The van der Waals surface area contributed by atoms with Crippen LogP contribution in [-0.2, 0) is 14.8 Å². The average Bonchev–Trinajstić information content (AvgIpc) is 3.38. The Labute approximate surface area is 181 Å². The first-order valence-electron chi connectivity index (χ1n) is 9.76. The number of rotatable bonds is 7. The molecule has 31 heavy (non-hydrogen) atoms. The van der Waals surface area contributed by atoms with Gasteiger partial charge in [0, 0.05) is 17.4 Å². The van der Waals surface area contributed by atoms with Crippen LogP contribution in [-0.4, -0.2) is 51.1 Å². The number of carbonyl (C=O) groups excluding carboxylic acids is 2. The molecule has 1 saturated carbocycles. The van der Waals surface area contributed by atoms with E-state index in [-0.39, 0.29) is 16.2 Å². The monoisotopic (exact) mass is 442 g/mol. The number of carbonyl (C=O) groups is 2. The largest absolute Gasteiger partial charge is 0.369 e. The minimum Gasteiger partial charge on any atom is -0.369 e. The third-order valence-electron chi connectivity index (χ3n) is 5.07. The molecule has 0 atom stereocenters. The highest BCUT2D eigenvalue weighted by atomic mass is 32.2. The lowest BCUT2D eigenvalue weighted by Gasteiger charge is -2.15. The molecular weight excluding hydrogens is 416 g/mol. The molecule has 164 valence electrons. The molecule has 0 bridgehead atoms. The number of H-pyrrole nitrogens is 1. The molecular formula is C22H26N4O4S. The number of hydrogen-bond acceptors (Lipinski definition) is 5. The first kappa shape index (κ1) is 22.5. The van der Waals surface area contributed by atoms with Crippen LogP contribution in [0.5, 0.6) is 0 Å². The van der Waals surface area contributed by atoms with Crippen molar-refractivity contribution in [1.82, 2.24) is 9.88 Å². The van der Waals surface area contributed by atoms with Crippen LogP contribution in [0.25, 0.3) is 10.9 Å². The maximum atomic E-state index is 12.2. The summed E-state index contributed by atoms with van der Waals surface area (Å²) in [5.41, 5.74) is 6.64. The zero-order valence-corrected chi connectivity index (χ0v) is 18.3. The Hall–Kier alpha value is -3.17. The summed E-state index contributed by atoms with van der Waals surface area (Å²) in [5.74, 6) is -0.138. The van der Waals surface area contributed by atoms with E-state index in [2.05, 4.69) is 9.71 Å². The molecule has 1 fully saturated rings. The fourth-order valence-electron chi connectivity index (χ4n) is 3.33. The second-order valence-corrected chi connectivity index (χ2v) is 9.63. The molecule has 0 radical (unpaired) electrons. The lowest BCUT2D eigenvalue weighted by Crippen LogP contribution is -2.34. The highest BCUT2D eigenvalue weighted by Gasteiger charge is 2.48. The van der Waals surface area contributed by atoms with Gasteiger partial charge in [-0.1, -0.05) is 24.3 Å². The maximum absolute atomic E-state index is 12.2. The van der Waals surface area contributed by atoms with E-state index < -0.39 is 10.0 Å². The van der Waals surface area contributed by atoms with E-state index in [0.717, 1.165) is 24.8 Å². The SMILES string of the molecule is CN(C)CC1(C(N)=O)CC1.O=Cc1cc2ccc(NS(=O)(=O)c3ccccc3)cc2[nH]1. The van der Waals surface area contributed by atoms with Crippen molar-refractivity contribution in [1.29, 1.82) is 0 Å². The van der Waals surface area contributed by atoms with Crippen LogP contribution in [0.3, 0.4) is 0 Å². The van der Waals surface area contributed by atoms with Gasteiger partial charge in [-0.3, -0.25) is 14.3 Å². The summed E-state index contributed by atoms with van der Waals surface area (Å²) in [4.78, 5) is 26.7. The van der Waals surface area contributed by atoms with Gasteiger partial charge in [0.25, 0.3) is 10.0 Å². The molecule has 0 unspecified atom stereocenters. The molecule has 1 amide bonds. The zero-order chi connectivity index (χ0) is 22.6. The van der Waals surface area contributed by atoms with E-state index in [4.69, 9.17) is 5.73 Å². The second-order valence-electron chi connectivity index (χ2n) is 7.95. The van der Waals surface area contributed by atoms with Crippen molar-refractivity contribution in [2.24, 2.45) is 11.1 Å². The molecule has 4 rings (SSSR count). The van der Waals surface area contributed by atoms with Crippen LogP contribution in [0.2, 0.25) is 0 Å². The zero-order valence-electron chi connectivity index (χ0n) is 17.5. The number of fused-ring (bicyclic) bond motifs is 1. The number of aromatic nitrogens is 1. The first-order chi connectivity index (χ1) is 14.6. The Bertz CT molecular complexity index is 1180. The van der Waals surface area contributed by atoms with Crippen molar-refractivity contribution in [2.45, 2.75) is 17.7 Å². The van der Waals surface area contributed by atoms with Gasteiger partial charge in [0.2, 0.25) is 5.91 Å². The first-order valence-corrected chi connectivity index (χ1v) is 11.2. The quantitative estimate of drug-likeness (QED) is 0.485. The van der Waals surface area contributed by atoms with E-state index >= 15 is 0 Å². The molecule has 1 aromatic heterocycles. The normalized spacial score (nSPS) is 14.5. The van der Waals surface area contributed by atoms with Gasteiger partial charge in [0.1, 0.15) is 0 Å². The molecule has 2 aromatic carbocycles. The molecule has 0 saturated heterocycles. The van der Waals surface area contributed by atoms with Crippen LogP contribution in [0.1, 0.15) is 23.3 Å². The number of nitrogens with two attached hydrogens (primary N) is 1. The van der Waals surface area contributed by atoms with Crippen molar-refractivity contribution in [3.8, 4) is 0 Å². The number of nitrogens with one attached hydrogen (secondary N) is 2. The van der Waals surface area contributed by atoms with Crippen LogP contribution in [0.15, 0.2) is 59.5 Å². The Kier molecular flexibility index (Phi) is 6.47. The fraction of sp³-hybridized carbons (Fsp3) is 0.273. The van der Waals surface area contributed by atoms with Gasteiger partial charge in [-0.2, -0.15) is 0 Å². The summed E-state index contributed by atoms with van der Waals surface area (Å²) in [6.07, 6.45) is 2.66. The molecule has 1 heterocycles. The number of sulfonamides is 1. The summed E-state index contributed by atoms with van der Waals surface area (Å²) >= 11 is 0. The minimum absolute atomic E-state index is 0.138. The third kappa shape index (κ3) is 5.50. The van der Waals surface area contributed by atoms with Crippen molar-refractivity contribution >= 4 is 38.8 Å². The fourth-order valence-corrected chi connectivity index (χ4v) is 4.40. The smallest absolute Gasteiger partial charge is 0.261 e. The van der Waals surface area contributed by atoms with E-state index in [1.54, 1.807) is 42.5 Å². The van der Waals surface area contributed by atoms with Crippen molar-refractivity contribution in [2.75, 3.05) is 25.4 Å². The van der Waals surface area contributed by atoms with Crippen LogP contribution in [0.4, 0.5) is 5.69 Å². The van der Waals surface area contributed by atoms with Gasteiger partial charge in [-0.25, -0.2) is 8.42 Å². The van der Waals surface area contributed by atoms with Gasteiger partial charge in [0.05, 0.1) is 21.7 Å². The van der Waals surface area contributed by atoms with E-state index in [1.807, 2.05) is 19.0 Å². The number of aromatic amines is 1. The summed E-state index contributed by atoms with van der Waals surface area (Å²) in [7, 11) is 0.308. The second kappa shape index (κ2) is 8.91. The topological polar surface area (TPSA) is 125 Å². The highest BCUT2D eigenvalue weighted by Crippen LogP contribution is 2.45. The van der Waals surface area contributed by atoms with Gasteiger partial charge < -0.3 is 15.6 Å². The van der Waals surface area contributed by atoms with Gasteiger partial charge in [-0.05, 0) is 57.3 Å². The number of nitrogens with zero attached hydrogens (tertiary/aromatic N) is 1. The molecule has 8 nitrogen and oxygen atoms in total. The Morgan fingerprint density at radius 1 is 1.16 bits per heavy atom. The van der Waals surface area contributed by atoms with Crippen LogP contribution >= 0.6 is 0 Å².